The van der Waals surface area contributed by atoms with Gasteiger partial charge in [-0.3, -0.25) is 4.90 Å². The zero-order valence-corrected chi connectivity index (χ0v) is 13.7. The Labute approximate surface area is 141 Å². The van der Waals surface area contributed by atoms with Gasteiger partial charge in [0.05, 0.1) is 5.56 Å². The largest absolute Gasteiger partial charge is 0.478 e. The topological polar surface area (TPSA) is 40.5 Å². The van der Waals surface area contributed by atoms with Crippen LogP contribution in [0.3, 0.4) is 0 Å². The first kappa shape index (κ1) is 16.0. The Balaban J connectivity index is 1.72. The van der Waals surface area contributed by atoms with E-state index in [2.05, 4.69) is 17.0 Å². The lowest BCUT2D eigenvalue weighted by Gasteiger charge is -2.33. The molecule has 2 aromatic carbocycles. The average molecular weight is 330 g/mol. The van der Waals surface area contributed by atoms with Crippen LogP contribution < -0.4 is 0 Å². The SMILES string of the molecule is O=C(O)c1ccccc1CN1CCC[C@@H](c2ccc(Cl)cc2)C1. The minimum Gasteiger partial charge on any atom is -0.478 e. The highest BCUT2D eigenvalue weighted by atomic mass is 35.5. The predicted molar refractivity (Wildman–Crippen MR) is 92.1 cm³/mol. The van der Waals surface area contributed by atoms with Crippen LogP contribution in [0.2, 0.25) is 5.02 Å². The third-order valence-corrected chi connectivity index (χ3v) is 4.74. The van der Waals surface area contributed by atoms with Gasteiger partial charge >= 0.3 is 5.97 Å². The second-order valence-electron chi connectivity index (χ2n) is 6.09. The van der Waals surface area contributed by atoms with Crippen molar-refractivity contribution in [2.24, 2.45) is 0 Å². The molecule has 0 amide bonds. The Morgan fingerprint density at radius 2 is 1.91 bits per heavy atom. The third kappa shape index (κ3) is 3.92. The summed E-state index contributed by atoms with van der Waals surface area (Å²) in [4.78, 5) is 13.7. The molecule has 4 heteroatoms. The third-order valence-electron chi connectivity index (χ3n) is 4.49. The fraction of sp³-hybridized carbons (Fsp3) is 0.316. The number of hydrogen-bond donors (Lipinski definition) is 1. The number of carboxylic acids is 1. The van der Waals surface area contributed by atoms with Gasteiger partial charge in [-0.05, 0) is 54.6 Å². The molecular formula is C19H20ClNO2. The molecule has 1 atom stereocenters. The van der Waals surface area contributed by atoms with Gasteiger partial charge in [0, 0.05) is 18.1 Å². The molecule has 1 aliphatic heterocycles. The van der Waals surface area contributed by atoms with Gasteiger partial charge in [-0.25, -0.2) is 4.79 Å². The molecule has 0 aromatic heterocycles. The van der Waals surface area contributed by atoms with Crippen molar-refractivity contribution >= 4 is 17.6 Å². The van der Waals surface area contributed by atoms with Crippen LogP contribution in [0.1, 0.15) is 40.2 Å². The maximum Gasteiger partial charge on any atom is 0.336 e. The first-order chi connectivity index (χ1) is 11.1. The molecule has 2 aromatic rings. The Bertz CT molecular complexity index is 684. The van der Waals surface area contributed by atoms with Crippen LogP contribution in [0.25, 0.3) is 0 Å². The minimum atomic E-state index is -0.855. The van der Waals surface area contributed by atoms with Crippen LogP contribution in [0.15, 0.2) is 48.5 Å². The van der Waals surface area contributed by atoms with Gasteiger partial charge in [0.1, 0.15) is 0 Å². The van der Waals surface area contributed by atoms with Gasteiger partial charge in [-0.1, -0.05) is 41.9 Å². The van der Waals surface area contributed by atoms with Crippen molar-refractivity contribution in [3.05, 3.63) is 70.2 Å². The molecule has 1 aliphatic rings. The van der Waals surface area contributed by atoms with E-state index in [1.807, 2.05) is 24.3 Å². The molecule has 120 valence electrons. The van der Waals surface area contributed by atoms with Crippen molar-refractivity contribution in [1.82, 2.24) is 4.90 Å². The van der Waals surface area contributed by atoms with E-state index in [4.69, 9.17) is 11.6 Å². The number of halogens is 1. The Kier molecular flexibility index (Phi) is 4.99. The van der Waals surface area contributed by atoms with Gasteiger partial charge in [-0.15, -0.1) is 0 Å². The van der Waals surface area contributed by atoms with Gasteiger partial charge in [0.15, 0.2) is 0 Å². The summed E-state index contributed by atoms with van der Waals surface area (Å²) in [6, 6.07) is 15.4. The summed E-state index contributed by atoms with van der Waals surface area (Å²) >= 11 is 5.97. The lowest BCUT2D eigenvalue weighted by atomic mass is 9.90. The van der Waals surface area contributed by atoms with E-state index in [1.165, 1.54) is 12.0 Å². The molecule has 0 saturated carbocycles. The van der Waals surface area contributed by atoms with Crippen molar-refractivity contribution in [3.63, 3.8) is 0 Å². The van der Waals surface area contributed by atoms with E-state index < -0.39 is 5.97 Å². The van der Waals surface area contributed by atoms with E-state index in [-0.39, 0.29) is 0 Å². The van der Waals surface area contributed by atoms with Crippen molar-refractivity contribution in [3.8, 4) is 0 Å². The Morgan fingerprint density at radius 3 is 2.65 bits per heavy atom. The molecule has 1 fully saturated rings. The first-order valence-electron chi connectivity index (χ1n) is 7.92. The van der Waals surface area contributed by atoms with Crippen molar-refractivity contribution in [1.29, 1.82) is 0 Å². The highest BCUT2D eigenvalue weighted by Gasteiger charge is 2.22. The summed E-state index contributed by atoms with van der Waals surface area (Å²) in [5, 5.41) is 10.1. The van der Waals surface area contributed by atoms with Gasteiger partial charge in [0.25, 0.3) is 0 Å². The zero-order valence-electron chi connectivity index (χ0n) is 12.9. The fourth-order valence-electron chi connectivity index (χ4n) is 3.31. The normalized spacial score (nSPS) is 18.7. The molecule has 0 spiro atoms. The quantitative estimate of drug-likeness (QED) is 0.902. The van der Waals surface area contributed by atoms with Crippen LogP contribution in [0, 0.1) is 0 Å². The number of hydrogen-bond acceptors (Lipinski definition) is 2. The average Bonchev–Trinajstić information content (AvgIpc) is 2.56. The summed E-state index contributed by atoms with van der Waals surface area (Å²) < 4.78 is 0. The first-order valence-corrected chi connectivity index (χ1v) is 8.30. The molecular weight excluding hydrogens is 310 g/mol. The number of nitrogens with zero attached hydrogens (tertiary/aromatic N) is 1. The molecule has 1 saturated heterocycles. The molecule has 0 unspecified atom stereocenters. The molecule has 0 radical (unpaired) electrons. The minimum absolute atomic E-state index is 0.404. The number of rotatable bonds is 4. The lowest BCUT2D eigenvalue weighted by Crippen LogP contribution is -2.34. The van der Waals surface area contributed by atoms with Crippen LogP contribution in [-0.2, 0) is 6.54 Å². The van der Waals surface area contributed by atoms with Crippen LogP contribution >= 0.6 is 11.6 Å². The Hall–Kier alpha value is -1.84. The zero-order chi connectivity index (χ0) is 16.2. The molecule has 23 heavy (non-hydrogen) atoms. The second kappa shape index (κ2) is 7.16. The molecule has 3 nitrogen and oxygen atoms in total. The van der Waals surface area contributed by atoms with Crippen molar-refractivity contribution < 1.29 is 9.90 Å². The maximum absolute atomic E-state index is 11.4. The highest BCUT2D eigenvalue weighted by Crippen LogP contribution is 2.29. The second-order valence-corrected chi connectivity index (χ2v) is 6.52. The van der Waals surface area contributed by atoms with Gasteiger partial charge in [-0.2, -0.15) is 0 Å². The monoisotopic (exact) mass is 329 g/mol. The van der Waals surface area contributed by atoms with Crippen LogP contribution in [0.4, 0.5) is 0 Å². The van der Waals surface area contributed by atoms with Crippen molar-refractivity contribution in [2.75, 3.05) is 13.1 Å². The summed E-state index contributed by atoms with van der Waals surface area (Å²) in [5.74, 6) is -0.370. The maximum atomic E-state index is 11.4. The standard InChI is InChI=1S/C19H20ClNO2/c20-17-9-7-14(8-10-17)15-5-3-11-21(12-15)13-16-4-1-2-6-18(16)19(22)23/h1-2,4,6-10,15H,3,5,11-13H2,(H,22,23)/t15-/m1/s1. The Morgan fingerprint density at radius 1 is 1.17 bits per heavy atom. The van der Waals surface area contributed by atoms with E-state index >= 15 is 0 Å². The fourth-order valence-corrected chi connectivity index (χ4v) is 3.44. The predicted octanol–water partition coefficient (Wildman–Crippen LogP) is 4.42. The van der Waals surface area contributed by atoms with Gasteiger partial charge < -0.3 is 5.11 Å². The number of carboxylic acid groups (broad SMARTS) is 1. The van der Waals surface area contributed by atoms with Crippen LogP contribution in [-0.4, -0.2) is 29.1 Å². The number of aromatic carboxylic acids is 1. The summed E-state index contributed by atoms with van der Waals surface area (Å²) in [6.07, 6.45) is 2.29. The van der Waals surface area contributed by atoms with E-state index in [9.17, 15) is 9.90 Å². The number of piperidine rings is 1. The smallest absolute Gasteiger partial charge is 0.336 e. The summed E-state index contributed by atoms with van der Waals surface area (Å²) in [5.41, 5.74) is 2.60. The number of benzene rings is 2. The summed E-state index contributed by atoms with van der Waals surface area (Å²) in [6.45, 7) is 2.65. The molecule has 0 aliphatic carbocycles. The molecule has 3 rings (SSSR count). The highest BCUT2D eigenvalue weighted by molar-refractivity contribution is 6.30. The molecule has 1 heterocycles. The number of likely N-dealkylation sites (tertiary alicyclic amines) is 1. The van der Waals surface area contributed by atoms with E-state index in [0.29, 0.717) is 18.0 Å². The molecule has 1 N–H and O–H groups in total. The van der Waals surface area contributed by atoms with Crippen LogP contribution in [0.5, 0.6) is 0 Å². The van der Waals surface area contributed by atoms with Crippen molar-refractivity contribution in [2.45, 2.75) is 25.3 Å². The van der Waals surface area contributed by atoms with E-state index in [1.54, 1.807) is 12.1 Å². The lowest BCUT2D eigenvalue weighted by molar-refractivity contribution is 0.0694. The van der Waals surface area contributed by atoms with E-state index in [0.717, 1.165) is 30.1 Å². The van der Waals surface area contributed by atoms with Gasteiger partial charge in [0.2, 0.25) is 0 Å². The number of carbonyl (C=O) groups is 1. The summed E-state index contributed by atoms with van der Waals surface area (Å²) in [7, 11) is 0. The molecule has 0 bridgehead atoms.